The molecule has 0 spiro atoms. The van der Waals surface area contributed by atoms with Crippen molar-refractivity contribution in [3.05, 3.63) is 86.6 Å². The van der Waals surface area contributed by atoms with Crippen molar-refractivity contribution in [2.75, 3.05) is 18.4 Å². The Labute approximate surface area is 195 Å². The molecular weight excluding hydrogens is 446 g/mol. The molecule has 1 aliphatic rings. The van der Waals surface area contributed by atoms with E-state index in [0.29, 0.717) is 26.7 Å². The van der Waals surface area contributed by atoms with Gasteiger partial charge in [-0.3, -0.25) is 14.4 Å². The molecule has 164 valence electrons. The first kappa shape index (κ1) is 22.0. The monoisotopic (exact) mass is 467 g/mol. The predicted molar refractivity (Wildman–Crippen MR) is 126 cm³/mol. The molecule has 4 rings (SSSR count). The number of halogens is 1. The molecule has 6 nitrogen and oxygen atoms in total. The second-order valence-electron chi connectivity index (χ2n) is 7.51. The molecule has 0 aliphatic carbocycles. The molecular formula is C24H22ClN3O3S. The SMILES string of the molecule is O=C(NCc1cccc(C(=O)N2CCCC2)c1)c1ccc(Cl)c(NC(=O)c2cccs2)c1. The van der Waals surface area contributed by atoms with Gasteiger partial charge in [0.1, 0.15) is 0 Å². The van der Waals surface area contributed by atoms with Gasteiger partial charge in [0.05, 0.1) is 15.6 Å². The summed E-state index contributed by atoms with van der Waals surface area (Å²) in [5, 5.41) is 7.77. The summed E-state index contributed by atoms with van der Waals surface area (Å²) >= 11 is 7.52. The number of nitrogens with one attached hydrogen (secondary N) is 2. The zero-order chi connectivity index (χ0) is 22.5. The largest absolute Gasteiger partial charge is 0.348 e. The van der Waals surface area contributed by atoms with Gasteiger partial charge in [-0.05, 0) is 60.2 Å². The van der Waals surface area contributed by atoms with Gasteiger partial charge in [0.15, 0.2) is 0 Å². The maximum absolute atomic E-state index is 12.7. The van der Waals surface area contributed by atoms with Crippen LogP contribution in [0.2, 0.25) is 5.02 Å². The second-order valence-corrected chi connectivity index (χ2v) is 8.86. The Kier molecular flexibility index (Phi) is 6.87. The summed E-state index contributed by atoms with van der Waals surface area (Å²) in [5.74, 6) is -0.553. The minimum Gasteiger partial charge on any atom is -0.348 e. The summed E-state index contributed by atoms with van der Waals surface area (Å²) in [5.41, 5.74) is 2.21. The fourth-order valence-corrected chi connectivity index (χ4v) is 4.34. The molecule has 0 saturated carbocycles. The first-order valence-corrected chi connectivity index (χ1v) is 11.6. The average molecular weight is 468 g/mol. The number of nitrogens with zero attached hydrogens (tertiary/aromatic N) is 1. The Morgan fingerprint density at radius 2 is 1.75 bits per heavy atom. The fraction of sp³-hybridized carbons (Fsp3) is 0.208. The molecule has 3 amide bonds. The number of carbonyl (C=O) groups excluding carboxylic acids is 3. The molecule has 8 heteroatoms. The van der Waals surface area contributed by atoms with Crippen molar-refractivity contribution >= 4 is 46.3 Å². The molecule has 1 fully saturated rings. The molecule has 1 aromatic heterocycles. The molecule has 2 N–H and O–H groups in total. The van der Waals surface area contributed by atoms with Crippen molar-refractivity contribution < 1.29 is 14.4 Å². The van der Waals surface area contributed by atoms with Crippen molar-refractivity contribution in [3.63, 3.8) is 0 Å². The van der Waals surface area contributed by atoms with Crippen molar-refractivity contribution in [2.24, 2.45) is 0 Å². The topological polar surface area (TPSA) is 78.5 Å². The predicted octanol–water partition coefficient (Wildman–Crippen LogP) is 4.82. The van der Waals surface area contributed by atoms with Crippen molar-refractivity contribution in [2.45, 2.75) is 19.4 Å². The zero-order valence-corrected chi connectivity index (χ0v) is 18.8. The van der Waals surface area contributed by atoms with E-state index < -0.39 is 0 Å². The van der Waals surface area contributed by atoms with E-state index >= 15 is 0 Å². The highest BCUT2D eigenvalue weighted by atomic mass is 35.5. The zero-order valence-electron chi connectivity index (χ0n) is 17.3. The molecule has 1 saturated heterocycles. The number of likely N-dealkylation sites (tertiary alicyclic amines) is 1. The number of thiophene rings is 1. The molecule has 3 aromatic rings. The number of amides is 3. The molecule has 32 heavy (non-hydrogen) atoms. The van der Waals surface area contributed by atoms with Gasteiger partial charge in [0.25, 0.3) is 17.7 Å². The highest BCUT2D eigenvalue weighted by molar-refractivity contribution is 7.12. The first-order chi connectivity index (χ1) is 15.5. The Balaban J connectivity index is 1.40. The van der Waals surface area contributed by atoms with Crippen LogP contribution in [0.25, 0.3) is 0 Å². The maximum Gasteiger partial charge on any atom is 0.265 e. The number of rotatable bonds is 6. The number of hydrogen-bond acceptors (Lipinski definition) is 4. The Morgan fingerprint density at radius 1 is 0.938 bits per heavy atom. The van der Waals surface area contributed by atoms with E-state index in [4.69, 9.17) is 11.6 Å². The highest BCUT2D eigenvalue weighted by Crippen LogP contribution is 2.24. The lowest BCUT2D eigenvalue weighted by Gasteiger charge is -2.16. The van der Waals surface area contributed by atoms with Gasteiger partial charge < -0.3 is 15.5 Å². The van der Waals surface area contributed by atoms with E-state index in [1.807, 2.05) is 28.5 Å². The maximum atomic E-state index is 12.7. The van der Waals surface area contributed by atoms with Crippen molar-refractivity contribution in [1.82, 2.24) is 10.2 Å². The number of benzene rings is 2. The standard InChI is InChI=1S/C24H22ClN3O3S/c25-19-9-8-17(14-20(19)27-23(30)21-7-4-12-32-21)22(29)26-15-16-5-3-6-18(13-16)24(31)28-10-1-2-11-28/h3-9,12-14H,1-2,10-11,15H2,(H,26,29)(H,27,30). The summed E-state index contributed by atoms with van der Waals surface area (Å²) in [6, 6.07) is 15.5. The van der Waals surface area contributed by atoms with Crippen LogP contribution in [0.3, 0.4) is 0 Å². The van der Waals surface area contributed by atoms with E-state index in [-0.39, 0.29) is 24.3 Å². The van der Waals surface area contributed by atoms with Crippen LogP contribution in [0.1, 0.15) is 48.8 Å². The quantitative estimate of drug-likeness (QED) is 0.545. The van der Waals surface area contributed by atoms with Gasteiger partial charge in [-0.1, -0.05) is 29.8 Å². The van der Waals surface area contributed by atoms with Crippen LogP contribution in [0.4, 0.5) is 5.69 Å². The Bertz CT molecular complexity index is 1140. The summed E-state index contributed by atoms with van der Waals surface area (Å²) in [7, 11) is 0. The molecule has 2 aromatic carbocycles. The molecule has 1 aliphatic heterocycles. The lowest BCUT2D eigenvalue weighted by Crippen LogP contribution is -2.28. The third-order valence-electron chi connectivity index (χ3n) is 5.24. The molecule has 0 atom stereocenters. The highest BCUT2D eigenvalue weighted by Gasteiger charge is 2.19. The van der Waals surface area contributed by atoms with Crippen LogP contribution < -0.4 is 10.6 Å². The summed E-state index contributed by atoms with van der Waals surface area (Å²) in [6.07, 6.45) is 2.08. The lowest BCUT2D eigenvalue weighted by atomic mass is 10.1. The van der Waals surface area contributed by atoms with Crippen LogP contribution in [0.5, 0.6) is 0 Å². The normalized spacial score (nSPS) is 13.1. The van der Waals surface area contributed by atoms with Crippen molar-refractivity contribution in [3.8, 4) is 0 Å². The van der Waals surface area contributed by atoms with Crippen molar-refractivity contribution in [1.29, 1.82) is 0 Å². The van der Waals surface area contributed by atoms with E-state index in [9.17, 15) is 14.4 Å². The third kappa shape index (κ3) is 5.18. The van der Waals surface area contributed by atoms with Gasteiger partial charge in [0, 0.05) is 30.8 Å². The van der Waals surface area contributed by atoms with Gasteiger partial charge in [-0.25, -0.2) is 0 Å². The lowest BCUT2D eigenvalue weighted by molar-refractivity contribution is 0.0792. The minimum atomic E-state index is -0.301. The van der Waals surface area contributed by atoms with Crippen LogP contribution in [0, 0.1) is 0 Å². The van der Waals surface area contributed by atoms with Crippen LogP contribution in [0.15, 0.2) is 60.0 Å². The van der Waals surface area contributed by atoms with Crippen LogP contribution >= 0.6 is 22.9 Å². The van der Waals surface area contributed by atoms with E-state index in [1.165, 1.54) is 11.3 Å². The number of carbonyl (C=O) groups is 3. The number of hydrogen-bond donors (Lipinski definition) is 2. The van der Waals surface area contributed by atoms with E-state index in [1.54, 1.807) is 36.4 Å². The van der Waals surface area contributed by atoms with Gasteiger partial charge in [-0.2, -0.15) is 0 Å². The Hall–Kier alpha value is -3.16. The molecule has 0 unspecified atom stereocenters. The van der Waals surface area contributed by atoms with Gasteiger partial charge in [-0.15, -0.1) is 11.3 Å². The molecule has 0 radical (unpaired) electrons. The van der Waals surface area contributed by atoms with Crippen LogP contribution in [-0.2, 0) is 6.54 Å². The minimum absolute atomic E-state index is 0.0273. The summed E-state index contributed by atoms with van der Waals surface area (Å²) < 4.78 is 0. The number of anilines is 1. The summed E-state index contributed by atoms with van der Waals surface area (Å²) in [6.45, 7) is 1.86. The Morgan fingerprint density at radius 3 is 2.50 bits per heavy atom. The van der Waals surface area contributed by atoms with E-state index in [2.05, 4.69) is 10.6 Å². The second kappa shape index (κ2) is 9.97. The average Bonchev–Trinajstić information content (AvgIpc) is 3.53. The van der Waals surface area contributed by atoms with E-state index in [0.717, 1.165) is 31.5 Å². The van der Waals surface area contributed by atoms with Crippen LogP contribution in [-0.4, -0.2) is 35.7 Å². The molecule has 2 heterocycles. The molecule has 0 bridgehead atoms. The van der Waals surface area contributed by atoms with Gasteiger partial charge in [0.2, 0.25) is 0 Å². The smallest absolute Gasteiger partial charge is 0.265 e. The van der Waals surface area contributed by atoms with Gasteiger partial charge >= 0.3 is 0 Å². The summed E-state index contributed by atoms with van der Waals surface area (Å²) in [4.78, 5) is 40.0. The first-order valence-electron chi connectivity index (χ1n) is 10.3. The third-order valence-corrected chi connectivity index (χ3v) is 6.44. The fourth-order valence-electron chi connectivity index (χ4n) is 3.56.